The molecule has 0 aliphatic rings. The molecule has 4 nitrogen and oxygen atoms in total. The highest BCUT2D eigenvalue weighted by Crippen LogP contribution is 2.16. The number of benzene rings is 2. The van der Waals surface area contributed by atoms with Crippen molar-refractivity contribution in [2.75, 3.05) is 5.32 Å². The van der Waals surface area contributed by atoms with Crippen LogP contribution in [0.2, 0.25) is 0 Å². The minimum absolute atomic E-state index is 0.309. The maximum atomic E-state index is 13.1. The van der Waals surface area contributed by atoms with Crippen molar-refractivity contribution >= 4 is 17.6 Å². The zero-order chi connectivity index (χ0) is 17.7. The Morgan fingerprint density at radius 1 is 1.04 bits per heavy atom. The molecule has 0 radical (unpaired) electrons. The summed E-state index contributed by atoms with van der Waals surface area (Å²) in [6, 6.07) is 12.6. The van der Waals surface area contributed by atoms with Crippen molar-refractivity contribution in [1.29, 1.82) is 0 Å². The zero-order valence-electron chi connectivity index (χ0n) is 13.9. The lowest BCUT2D eigenvalue weighted by Gasteiger charge is -2.14. The van der Waals surface area contributed by atoms with Crippen molar-refractivity contribution in [1.82, 2.24) is 0 Å². The van der Waals surface area contributed by atoms with Crippen LogP contribution in [0.25, 0.3) is 0 Å². The monoisotopic (exact) mass is 329 g/mol. The van der Waals surface area contributed by atoms with Crippen molar-refractivity contribution in [2.24, 2.45) is 0 Å². The number of anilines is 1. The molecule has 126 valence electrons. The lowest BCUT2D eigenvalue weighted by Crippen LogP contribution is -2.30. The van der Waals surface area contributed by atoms with E-state index < -0.39 is 23.8 Å². The summed E-state index contributed by atoms with van der Waals surface area (Å²) in [5, 5.41) is 2.51. The number of esters is 1. The maximum absolute atomic E-state index is 13.1. The standard InChI is InChI=1S/C19H20FNO3/c1-12(2)14-7-9-15(10-8-14)19(23)24-13(3)18(22)21-17-6-4-5-16(20)11-17/h4-13H,1-3H3,(H,21,22). The van der Waals surface area contributed by atoms with Gasteiger partial charge in [0.1, 0.15) is 5.82 Å². The number of hydrogen-bond acceptors (Lipinski definition) is 3. The Balaban J connectivity index is 1.96. The quantitative estimate of drug-likeness (QED) is 0.839. The number of amides is 1. The summed E-state index contributed by atoms with van der Waals surface area (Å²) >= 11 is 0. The smallest absolute Gasteiger partial charge is 0.338 e. The van der Waals surface area contributed by atoms with Gasteiger partial charge in [0, 0.05) is 5.69 Å². The molecule has 0 aromatic heterocycles. The molecule has 0 heterocycles. The van der Waals surface area contributed by atoms with Gasteiger partial charge in [0.2, 0.25) is 0 Å². The molecular formula is C19H20FNO3. The SMILES string of the molecule is CC(OC(=O)c1ccc(C(C)C)cc1)C(=O)Nc1cccc(F)c1. The van der Waals surface area contributed by atoms with E-state index in [9.17, 15) is 14.0 Å². The van der Waals surface area contributed by atoms with Crippen LogP contribution >= 0.6 is 0 Å². The van der Waals surface area contributed by atoms with Gasteiger partial charge >= 0.3 is 5.97 Å². The van der Waals surface area contributed by atoms with E-state index in [1.165, 1.54) is 25.1 Å². The molecule has 2 aromatic rings. The van der Waals surface area contributed by atoms with Gasteiger partial charge < -0.3 is 10.1 Å². The first-order chi connectivity index (χ1) is 11.4. The maximum Gasteiger partial charge on any atom is 0.338 e. The Labute approximate surface area is 140 Å². The van der Waals surface area contributed by atoms with Crippen LogP contribution in [0.5, 0.6) is 0 Å². The van der Waals surface area contributed by atoms with Gasteiger partial charge in [-0.05, 0) is 48.7 Å². The normalized spacial score (nSPS) is 11.9. The van der Waals surface area contributed by atoms with Crippen molar-refractivity contribution < 1.29 is 18.7 Å². The molecule has 0 spiro atoms. The first kappa shape index (κ1) is 17.7. The largest absolute Gasteiger partial charge is 0.449 e. The predicted molar refractivity (Wildman–Crippen MR) is 90.4 cm³/mol. The second-order valence-electron chi connectivity index (χ2n) is 5.82. The zero-order valence-corrected chi connectivity index (χ0v) is 13.9. The van der Waals surface area contributed by atoms with E-state index in [-0.39, 0.29) is 0 Å². The Kier molecular flexibility index (Phi) is 5.68. The molecular weight excluding hydrogens is 309 g/mol. The lowest BCUT2D eigenvalue weighted by atomic mass is 10.0. The Hall–Kier alpha value is -2.69. The Bertz CT molecular complexity index is 726. The number of nitrogens with one attached hydrogen (secondary N) is 1. The molecule has 2 rings (SSSR count). The van der Waals surface area contributed by atoms with Gasteiger partial charge in [0.25, 0.3) is 5.91 Å². The number of ether oxygens (including phenoxy) is 1. The van der Waals surface area contributed by atoms with Gasteiger partial charge in [0.15, 0.2) is 6.10 Å². The molecule has 0 bridgehead atoms. The van der Waals surface area contributed by atoms with Crippen LogP contribution < -0.4 is 5.32 Å². The van der Waals surface area contributed by atoms with Crippen molar-refractivity contribution in [3.05, 3.63) is 65.5 Å². The predicted octanol–water partition coefficient (Wildman–Crippen LogP) is 4.13. The molecule has 0 fully saturated rings. The molecule has 0 aliphatic carbocycles. The van der Waals surface area contributed by atoms with Crippen molar-refractivity contribution in [3.8, 4) is 0 Å². The summed E-state index contributed by atoms with van der Waals surface area (Å²) in [5.41, 5.74) is 1.80. The fraction of sp³-hybridized carbons (Fsp3) is 0.263. The van der Waals surface area contributed by atoms with E-state index in [2.05, 4.69) is 19.2 Å². The first-order valence-corrected chi connectivity index (χ1v) is 7.74. The highest BCUT2D eigenvalue weighted by Gasteiger charge is 2.19. The van der Waals surface area contributed by atoms with Crippen LogP contribution in [0.3, 0.4) is 0 Å². The summed E-state index contributed by atoms with van der Waals surface area (Å²) in [6.45, 7) is 5.59. The highest BCUT2D eigenvalue weighted by molar-refractivity contribution is 5.97. The molecule has 24 heavy (non-hydrogen) atoms. The van der Waals surface area contributed by atoms with Crippen LogP contribution in [-0.2, 0) is 9.53 Å². The van der Waals surface area contributed by atoms with E-state index in [0.717, 1.165) is 5.56 Å². The topological polar surface area (TPSA) is 55.4 Å². The molecule has 0 saturated heterocycles. The average molecular weight is 329 g/mol. The molecule has 1 amide bonds. The molecule has 1 atom stereocenters. The van der Waals surface area contributed by atoms with Gasteiger partial charge in [-0.15, -0.1) is 0 Å². The average Bonchev–Trinajstić information content (AvgIpc) is 2.54. The van der Waals surface area contributed by atoms with Gasteiger partial charge in [-0.1, -0.05) is 32.0 Å². The number of halogens is 1. The third-order valence-electron chi connectivity index (χ3n) is 3.56. The van der Waals surface area contributed by atoms with Crippen LogP contribution in [0, 0.1) is 5.82 Å². The van der Waals surface area contributed by atoms with Crippen molar-refractivity contribution in [2.45, 2.75) is 32.8 Å². The fourth-order valence-electron chi connectivity index (χ4n) is 2.10. The summed E-state index contributed by atoms with van der Waals surface area (Å²) in [5.74, 6) is -1.19. The number of hydrogen-bond donors (Lipinski definition) is 1. The molecule has 1 N–H and O–H groups in total. The van der Waals surface area contributed by atoms with Gasteiger partial charge in [-0.25, -0.2) is 9.18 Å². The fourth-order valence-corrected chi connectivity index (χ4v) is 2.10. The van der Waals surface area contributed by atoms with E-state index in [1.54, 1.807) is 18.2 Å². The van der Waals surface area contributed by atoms with E-state index in [1.807, 2.05) is 12.1 Å². The second-order valence-corrected chi connectivity index (χ2v) is 5.82. The second kappa shape index (κ2) is 7.73. The third-order valence-corrected chi connectivity index (χ3v) is 3.56. The number of carbonyl (C=O) groups is 2. The van der Waals surface area contributed by atoms with Crippen LogP contribution in [0.15, 0.2) is 48.5 Å². The summed E-state index contributed by atoms with van der Waals surface area (Å²) in [7, 11) is 0. The lowest BCUT2D eigenvalue weighted by molar-refractivity contribution is -0.123. The van der Waals surface area contributed by atoms with Crippen LogP contribution in [-0.4, -0.2) is 18.0 Å². The first-order valence-electron chi connectivity index (χ1n) is 7.74. The van der Waals surface area contributed by atoms with E-state index >= 15 is 0 Å². The Morgan fingerprint density at radius 2 is 1.71 bits per heavy atom. The molecule has 5 heteroatoms. The van der Waals surface area contributed by atoms with Gasteiger partial charge in [-0.2, -0.15) is 0 Å². The minimum atomic E-state index is -0.995. The minimum Gasteiger partial charge on any atom is -0.449 e. The molecule has 0 saturated carbocycles. The van der Waals surface area contributed by atoms with Crippen LogP contribution in [0.1, 0.15) is 42.6 Å². The Morgan fingerprint density at radius 3 is 2.29 bits per heavy atom. The van der Waals surface area contributed by atoms with E-state index in [0.29, 0.717) is 17.2 Å². The number of carbonyl (C=O) groups excluding carboxylic acids is 2. The van der Waals surface area contributed by atoms with Gasteiger partial charge in [0.05, 0.1) is 5.56 Å². The number of rotatable bonds is 5. The van der Waals surface area contributed by atoms with E-state index in [4.69, 9.17) is 4.74 Å². The van der Waals surface area contributed by atoms with Crippen molar-refractivity contribution in [3.63, 3.8) is 0 Å². The summed E-state index contributed by atoms with van der Waals surface area (Å²) in [4.78, 5) is 24.1. The summed E-state index contributed by atoms with van der Waals surface area (Å²) in [6.07, 6.45) is -0.995. The van der Waals surface area contributed by atoms with Crippen LogP contribution in [0.4, 0.5) is 10.1 Å². The molecule has 2 aromatic carbocycles. The molecule has 1 unspecified atom stereocenters. The van der Waals surface area contributed by atoms with Gasteiger partial charge in [-0.3, -0.25) is 4.79 Å². The molecule has 0 aliphatic heterocycles. The third kappa shape index (κ3) is 4.65. The summed E-state index contributed by atoms with van der Waals surface area (Å²) < 4.78 is 18.3. The highest BCUT2D eigenvalue weighted by atomic mass is 19.1.